The Kier molecular flexibility index (Phi) is 2.60. The second-order valence-electron chi connectivity index (χ2n) is 4.16. The van der Waals surface area contributed by atoms with E-state index >= 15 is 0 Å². The Morgan fingerprint density at radius 3 is 2.43 bits per heavy atom. The lowest BCUT2D eigenvalue weighted by molar-refractivity contribution is -0.501. The maximum Gasteiger partial charge on any atom is 0.202 e. The summed E-state index contributed by atoms with van der Waals surface area (Å²) in [6.07, 6.45) is 2.27. The smallest absolute Gasteiger partial charge is 0.202 e. The van der Waals surface area contributed by atoms with Gasteiger partial charge >= 0.3 is 0 Å². The first-order valence-electron chi connectivity index (χ1n) is 5.15. The Hall–Kier alpha value is -0.450. The molecule has 1 saturated heterocycles. The number of ketones is 1. The fourth-order valence-electron chi connectivity index (χ4n) is 1.81. The number of carbonyl (C=O) groups is 1. The van der Waals surface area contributed by atoms with Crippen LogP contribution in [0, 0.1) is 0 Å². The van der Waals surface area contributed by atoms with E-state index in [1.54, 1.807) is 0 Å². The van der Waals surface area contributed by atoms with E-state index in [0.29, 0.717) is 25.7 Å². The molecule has 2 rings (SSSR count). The van der Waals surface area contributed by atoms with Gasteiger partial charge in [0.15, 0.2) is 0 Å². The van der Waals surface area contributed by atoms with Gasteiger partial charge in [0, 0.05) is 25.7 Å². The fourth-order valence-corrected chi connectivity index (χ4v) is 1.81. The lowest BCUT2D eigenvalue weighted by Crippen LogP contribution is -2.50. The molecular weight excluding hydrogens is 184 g/mol. The third-order valence-electron chi connectivity index (χ3n) is 2.98. The standard InChI is InChI=1S/C10H16O4/c1-7-8(2)13-14-10(12-7)5-3-9(11)4-6-10/h7-8H,3-6H2,1-2H3. The number of ether oxygens (including phenoxy) is 1. The highest BCUT2D eigenvalue weighted by Crippen LogP contribution is 2.36. The molecular formula is C10H16O4. The van der Waals surface area contributed by atoms with Gasteiger partial charge in [0.05, 0.1) is 6.10 Å². The molecule has 2 atom stereocenters. The van der Waals surface area contributed by atoms with Crippen molar-refractivity contribution in [2.24, 2.45) is 0 Å². The Labute approximate surface area is 83.4 Å². The third-order valence-corrected chi connectivity index (χ3v) is 2.98. The van der Waals surface area contributed by atoms with Crippen LogP contribution in [0.15, 0.2) is 0 Å². The van der Waals surface area contributed by atoms with Gasteiger partial charge in [-0.25, -0.2) is 9.78 Å². The lowest BCUT2D eigenvalue weighted by atomic mass is 9.92. The fraction of sp³-hybridized carbons (Fsp3) is 0.900. The van der Waals surface area contributed by atoms with Crippen LogP contribution in [-0.4, -0.2) is 23.8 Å². The van der Waals surface area contributed by atoms with Gasteiger partial charge in [-0.3, -0.25) is 4.79 Å². The van der Waals surface area contributed by atoms with E-state index in [9.17, 15) is 4.79 Å². The normalized spacial score (nSPS) is 37.4. The van der Waals surface area contributed by atoms with Gasteiger partial charge in [0.25, 0.3) is 0 Å². The summed E-state index contributed by atoms with van der Waals surface area (Å²) in [6, 6.07) is 0. The molecule has 1 aliphatic heterocycles. The SMILES string of the molecule is CC1OOC2(CCC(=O)CC2)OC1C. The number of hydrogen-bond acceptors (Lipinski definition) is 4. The molecule has 80 valence electrons. The van der Waals surface area contributed by atoms with Gasteiger partial charge in [0.2, 0.25) is 5.79 Å². The predicted octanol–water partition coefficient (Wildman–Crippen LogP) is 1.58. The molecule has 0 radical (unpaired) electrons. The summed E-state index contributed by atoms with van der Waals surface area (Å²) in [4.78, 5) is 21.5. The second-order valence-corrected chi connectivity index (χ2v) is 4.16. The van der Waals surface area contributed by atoms with Crippen LogP contribution in [0.5, 0.6) is 0 Å². The van der Waals surface area contributed by atoms with Crippen LogP contribution in [0.4, 0.5) is 0 Å². The summed E-state index contributed by atoms with van der Waals surface area (Å²) in [5.41, 5.74) is 0. The monoisotopic (exact) mass is 200 g/mol. The highest BCUT2D eigenvalue weighted by atomic mass is 17.2. The molecule has 1 spiro atoms. The molecule has 0 aromatic heterocycles. The molecule has 4 nitrogen and oxygen atoms in total. The summed E-state index contributed by atoms with van der Waals surface area (Å²) in [7, 11) is 0. The molecule has 0 N–H and O–H groups in total. The number of rotatable bonds is 0. The van der Waals surface area contributed by atoms with E-state index in [2.05, 4.69) is 0 Å². The van der Waals surface area contributed by atoms with Gasteiger partial charge in [-0.05, 0) is 13.8 Å². The summed E-state index contributed by atoms with van der Waals surface area (Å²) in [6.45, 7) is 3.87. The van der Waals surface area contributed by atoms with Crippen molar-refractivity contribution in [3.63, 3.8) is 0 Å². The quantitative estimate of drug-likeness (QED) is 0.557. The van der Waals surface area contributed by atoms with Crippen molar-refractivity contribution in [3.8, 4) is 0 Å². The van der Waals surface area contributed by atoms with Crippen molar-refractivity contribution in [3.05, 3.63) is 0 Å². The van der Waals surface area contributed by atoms with Crippen molar-refractivity contribution in [2.45, 2.75) is 57.5 Å². The Morgan fingerprint density at radius 1 is 1.21 bits per heavy atom. The predicted molar refractivity (Wildman–Crippen MR) is 48.4 cm³/mol. The van der Waals surface area contributed by atoms with Crippen molar-refractivity contribution >= 4 is 5.78 Å². The molecule has 2 unspecified atom stereocenters. The van der Waals surface area contributed by atoms with E-state index in [1.807, 2.05) is 13.8 Å². The Bertz CT molecular complexity index is 228. The lowest BCUT2D eigenvalue weighted by Gasteiger charge is -2.42. The highest BCUT2D eigenvalue weighted by Gasteiger charge is 2.44. The molecule has 2 fully saturated rings. The minimum Gasteiger partial charge on any atom is -0.341 e. The van der Waals surface area contributed by atoms with Crippen molar-refractivity contribution in [1.82, 2.24) is 0 Å². The van der Waals surface area contributed by atoms with Gasteiger partial charge in [-0.2, -0.15) is 0 Å². The van der Waals surface area contributed by atoms with Gasteiger partial charge in [-0.1, -0.05) is 0 Å². The molecule has 2 aliphatic rings. The van der Waals surface area contributed by atoms with Gasteiger partial charge in [-0.15, -0.1) is 0 Å². The topological polar surface area (TPSA) is 44.8 Å². The molecule has 0 amide bonds. The summed E-state index contributed by atoms with van der Waals surface area (Å²) >= 11 is 0. The average Bonchev–Trinajstić information content (AvgIpc) is 2.18. The van der Waals surface area contributed by atoms with E-state index in [1.165, 1.54) is 0 Å². The highest BCUT2D eigenvalue weighted by molar-refractivity contribution is 5.79. The zero-order valence-corrected chi connectivity index (χ0v) is 8.62. The molecule has 0 aromatic rings. The van der Waals surface area contributed by atoms with Crippen LogP contribution in [0.2, 0.25) is 0 Å². The van der Waals surface area contributed by atoms with Crippen molar-refractivity contribution < 1.29 is 19.3 Å². The van der Waals surface area contributed by atoms with E-state index < -0.39 is 5.79 Å². The third kappa shape index (κ3) is 1.82. The summed E-state index contributed by atoms with van der Waals surface area (Å²) < 4.78 is 5.78. The molecule has 0 bridgehead atoms. The zero-order chi connectivity index (χ0) is 10.2. The van der Waals surface area contributed by atoms with Crippen LogP contribution < -0.4 is 0 Å². The van der Waals surface area contributed by atoms with Crippen molar-refractivity contribution in [1.29, 1.82) is 0 Å². The summed E-state index contributed by atoms with van der Waals surface area (Å²) in [5, 5.41) is 0. The zero-order valence-electron chi connectivity index (χ0n) is 8.62. The first-order valence-corrected chi connectivity index (χ1v) is 5.15. The molecule has 1 saturated carbocycles. The maximum absolute atomic E-state index is 11.1. The number of Topliss-reactive ketones (excluding diaryl/α,β-unsaturated/α-hetero) is 1. The number of carbonyl (C=O) groups excluding carboxylic acids is 1. The van der Waals surface area contributed by atoms with Gasteiger partial charge in [0.1, 0.15) is 11.9 Å². The first kappa shape index (κ1) is 10.1. The van der Waals surface area contributed by atoms with Crippen LogP contribution in [-0.2, 0) is 19.3 Å². The molecule has 1 heterocycles. The van der Waals surface area contributed by atoms with Crippen LogP contribution in [0.1, 0.15) is 39.5 Å². The molecule has 1 aliphatic carbocycles. The average molecular weight is 200 g/mol. The van der Waals surface area contributed by atoms with Crippen LogP contribution in [0.3, 0.4) is 0 Å². The van der Waals surface area contributed by atoms with E-state index in [4.69, 9.17) is 14.5 Å². The second kappa shape index (κ2) is 3.61. The molecule has 4 heteroatoms. The minimum atomic E-state index is -0.653. The molecule has 0 aromatic carbocycles. The van der Waals surface area contributed by atoms with E-state index in [-0.39, 0.29) is 18.0 Å². The summed E-state index contributed by atoms with van der Waals surface area (Å²) in [5.74, 6) is -0.367. The largest absolute Gasteiger partial charge is 0.341 e. The van der Waals surface area contributed by atoms with E-state index in [0.717, 1.165) is 0 Å². The Morgan fingerprint density at radius 2 is 1.86 bits per heavy atom. The number of hydrogen-bond donors (Lipinski definition) is 0. The van der Waals surface area contributed by atoms with Gasteiger partial charge < -0.3 is 4.74 Å². The van der Waals surface area contributed by atoms with Crippen LogP contribution in [0.25, 0.3) is 0 Å². The van der Waals surface area contributed by atoms with Crippen molar-refractivity contribution in [2.75, 3.05) is 0 Å². The Balaban J connectivity index is 2.00. The maximum atomic E-state index is 11.1. The van der Waals surface area contributed by atoms with Crippen LogP contribution >= 0.6 is 0 Å². The minimum absolute atomic E-state index is 0.0250. The molecule has 14 heavy (non-hydrogen) atoms. The first-order chi connectivity index (χ1) is 6.61.